The maximum absolute atomic E-state index is 13.0. The lowest BCUT2D eigenvalue weighted by atomic mass is 10.1. The van der Waals surface area contributed by atoms with E-state index < -0.39 is 5.97 Å². The fourth-order valence-electron chi connectivity index (χ4n) is 4.19. The van der Waals surface area contributed by atoms with Gasteiger partial charge in [0, 0.05) is 37.8 Å². The molecule has 152 valence electrons. The SMILES string of the molecule is Cc1ccc(N2CC(C(=O)N3CCCC(N(C)CC(=O)O)CC3)CC2=O)cc1. The smallest absolute Gasteiger partial charge is 0.317 e. The number of anilines is 1. The van der Waals surface area contributed by atoms with Crippen molar-refractivity contribution in [2.75, 3.05) is 38.1 Å². The molecule has 2 saturated heterocycles. The fraction of sp³-hybridized carbons (Fsp3) is 0.571. The molecule has 1 aromatic rings. The molecule has 2 aliphatic heterocycles. The van der Waals surface area contributed by atoms with E-state index in [1.54, 1.807) is 4.90 Å². The molecule has 2 heterocycles. The number of hydrogen-bond acceptors (Lipinski definition) is 4. The Labute approximate surface area is 165 Å². The van der Waals surface area contributed by atoms with Crippen LogP contribution in [0.4, 0.5) is 5.69 Å². The minimum Gasteiger partial charge on any atom is -0.480 e. The van der Waals surface area contributed by atoms with Crippen LogP contribution >= 0.6 is 0 Å². The number of amides is 2. The van der Waals surface area contributed by atoms with Crippen LogP contribution in [0.3, 0.4) is 0 Å². The van der Waals surface area contributed by atoms with Crippen molar-refractivity contribution in [2.24, 2.45) is 5.92 Å². The molecule has 0 aliphatic carbocycles. The van der Waals surface area contributed by atoms with E-state index in [1.165, 1.54) is 0 Å². The Morgan fingerprint density at radius 1 is 1.18 bits per heavy atom. The summed E-state index contributed by atoms with van der Waals surface area (Å²) in [5, 5.41) is 8.98. The number of hydrogen-bond donors (Lipinski definition) is 1. The van der Waals surface area contributed by atoms with Crippen molar-refractivity contribution in [1.29, 1.82) is 0 Å². The first-order valence-electron chi connectivity index (χ1n) is 9.93. The van der Waals surface area contributed by atoms with Crippen LogP contribution in [0.1, 0.15) is 31.2 Å². The minimum atomic E-state index is -0.833. The van der Waals surface area contributed by atoms with Crippen molar-refractivity contribution in [3.8, 4) is 0 Å². The van der Waals surface area contributed by atoms with E-state index in [1.807, 2.05) is 48.0 Å². The van der Waals surface area contributed by atoms with E-state index in [9.17, 15) is 14.4 Å². The summed E-state index contributed by atoms with van der Waals surface area (Å²) < 4.78 is 0. The van der Waals surface area contributed by atoms with E-state index in [0.29, 0.717) is 19.6 Å². The zero-order chi connectivity index (χ0) is 20.3. The number of carboxylic acids is 1. The molecule has 7 nitrogen and oxygen atoms in total. The molecule has 0 radical (unpaired) electrons. The number of carboxylic acid groups (broad SMARTS) is 1. The number of aliphatic carboxylic acids is 1. The fourth-order valence-corrected chi connectivity index (χ4v) is 4.19. The van der Waals surface area contributed by atoms with Crippen LogP contribution in [0, 0.1) is 12.8 Å². The lowest BCUT2D eigenvalue weighted by Gasteiger charge is -2.26. The molecule has 2 amide bonds. The van der Waals surface area contributed by atoms with Crippen LogP contribution in [-0.4, -0.2) is 72.0 Å². The van der Waals surface area contributed by atoms with Crippen molar-refractivity contribution in [3.63, 3.8) is 0 Å². The van der Waals surface area contributed by atoms with Crippen LogP contribution in [0.25, 0.3) is 0 Å². The van der Waals surface area contributed by atoms with Crippen LogP contribution in [0.2, 0.25) is 0 Å². The lowest BCUT2D eigenvalue weighted by Crippen LogP contribution is -2.39. The average Bonchev–Trinajstić information content (AvgIpc) is 2.88. The number of likely N-dealkylation sites (N-methyl/N-ethyl adjacent to an activating group) is 1. The molecule has 2 aliphatic rings. The summed E-state index contributed by atoms with van der Waals surface area (Å²) in [6.45, 7) is 3.73. The lowest BCUT2D eigenvalue weighted by molar-refractivity contribution is -0.139. The van der Waals surface area contributed by atoms with Crippen LogP contribution in [-0.2, 0) is 14.4 Å². The maximum Gasteiger partial charge on any atom is 0.317 e. The second-order valence-corrected chi connectivity index (χ2v) is 7.96. The minimum absolute atomic E-state index is 0.00362. The van der Waals surface area contributed by atoms with Crippen molar-refractivity contribution in [3.05, 3.63) is 29.8 Å². The second kappa shape index (κ2) is 8.73. The molecule has 0 saturated carbocycles. The predicted octanol–water partition coefficient (Wildman–Crippen LogP) is 1.75. The molecule has 3 rings (SSSR count). The summed E-state index contributed by atoms with van der Waals surface area (Å²) in [5.41, 5.74) is 1.98. The van der Waals surface area contributed by atoms with Gasteiger partial charge in [0.2, 0.25) is 11.8 Å². The zero-order valence-electron chi connectivity index (χ0n) is 16.6. The predicted molar refractivity (Wildman–Crippen MR) is 106 cm³/mol. The van der Waals surface area contributed by atoms with Gasteiger partial charge in [0.25, 0.3) is 0 Å². The third-order valence-corrected chi connectivity index (χ3v) is 5.84. The molecular formula is C21H29N3O4. The van der Waals surface area contributed by atoms with Crippen molar-refractivity contribution >= 4 is 23.5 Å². The normalized spacial score (nSPS) is 23.2. The molecule has 28 heavy (non-hydrogen) atoms. The summed E-state index contributed by atoms with van der Waals surface area (Å²) in [6.07, 6.45) is 2.75. The van der Waals surface area contributed by atoms with Gasteiger partial charge >= 0.3 is 5.97 Å². The Morgan fingerprint density at radius 2 is 1.89 bits per heavy atom. The first kappa shape index (κ1) is 20.3. The number of rotatable bonds is 5. The molecule has 2 fully saturated rings. The highest BCUT2D eigenvalue weighted by atomic mass is 16.4. The van der Waals surface area contributed by atoms with Gasteiger partial charge < -0.3 is 14.9 Å². The molecule has 1 N–H and O–H groups in total. The Balaban J connectivity index is 1.59. The molecule has 0 spiro atoms. The highest BCUT2D eigenvalue weighted by molar-refractivity contribution is 6.00. The third kappa shape index (κ3) is 4.70. The van der Waals surface area contributed by atoms with Gasteiger partial charge in [0.15, 0.2) is 0 Å². The molecule has 2 atom stereocenters. The Morgan fingerprint density at radius 3 is 2.57 bits per heavy atom. The van der Waals surface area contributed by atoms with Gasteiger partial charge in [-0.25, -0.2) is 0 Å². The molecule has 0 bridgehead atoms. The zero-order valence-corrected chi connectivity index (χ0v) is 16.6. The van der Waals surface area contributed by atoms with Crippen molar-refractivity contribution < 1.29 is 19.5 Å². The maximum atomic E-state index is 13.0. The third-order valence-electron chi connectivity index (χ3n) is 5.84. The number of likely N-dealkylation sites (tertiary alicyclic amines) is 1. The number of nitrogens with zero attached hydrogens (tertiary/aromatic N) is 3. The summed E-state index contributed by atoms with van der Waals surface area (Å²) in [5.74, 6) is -1.09. The number of aryl methyl sites for hydroxylation is 1. The quantitative estimate of drug-likeness (QED) is 0.832. The highest BCUT2D eigenvalue weighted by Crippen LogP contribution is 2.27. The number of benzene rings is 1. The molecule has 1 aromatic carbocycles. The number of carbonyl (C=O) groups is 3. The molecule has 2 unspecified atom stereocenters. The van der Waals surface area contributed by atoms with E-state index in [0.717, 1.165) is 30.5 Å². The van der Waals surface area contributed by atoms with Gasteiger partial charge in [-0.15, -0.1) is 0 Å². The number of carbonyl (C=O) groups excluding carboxylic acids is 2. The van der Waals surface area contributed by atoms with E-state index in [-0.39, 0.29) is 36.7 Å². The van der Waals surface area contributed by atoms with Crippen molar-refractivity contribution in [1.82, 2.24) is 9.80 Å². The molecular weight excluding hydrogens is 358 g/mol. The Kier molecular flexibility index (Phi) is 6.34. The highest BCUT2D eigenvalue weighted by Gasteiger charge is 2.37. The summed E-state index contributed by atoms with van der Waals surface area (Å²) in [4.78, 5) is 41.9. The van der Waals surface area contributed by atoms with Gasteiger partial charge in [0.05, 0.1) is 12.5 Å². The second-order valence-electron chi connectivity index (χ2n) is 7.96. The van der Waals surface area contributed by atoms with Gasteiger partial charge in [-0.2, -0.15) is 0 Å². The van der Waals surface area contributed by atoms with Crippen LogP contribution in [0.5, 0.6) is 0 Å². The van der Waals surface area contributed by atoms with Gasteiger partial charge in [0.1, 0.15) is 0 Å². The average molecular weight is 387 g/mol. The van der Waals surface area contributed by atoms with Gasteiger partial charge in [-0.1, -0.05) is 17.7 Å². The van der Waals surface area contributed by atoms with E-state index in [2.05, 4.69) is 0 Å². The molecule has 7 heteroatoms. The summed E-state index contributed by atoms with van der Waals surface area (Å²) in [6, 6.07) is 7.97. The van der Waals surface area contributed by atoms with E-state index >= 15 is 0 Å². The van der Waals surface area contributed by atoms with Crippen LogP contribution < -0.4 is 4.90 Å². The molecule has 0 aromatic heterocycles. The first-order valence-corrected chi connectivity index (χ1v) is 9.93. The van der Waals surface area contributed by atoms with Gasteiger partial charge in [-0.3, -0.25) is 19.3 Å². The topological polar surface area (TPSA) is 81.2 Å². The van der Waals surface area contributed by atoms with E-state index in [4.69, 9.17) is 5.11 Å². The van der Waals surface area contributed by atoms with Crippen molar-refractivity contribution in [2.45, 2.75) is 38.6 Å². The summed E-state index contributed by atoms with van der Waals surface area (Å²) >= 11 is 0. The summed E-state index contributed by atoms with van der Waals surface area (Å²) in [7, 11) is 1.82. The Hall–Kier alpha value is -2.41. The first-order chi connectivity index (χ1) is 13.3. The monoisotopic (exact) mass is 387 g/mol. The largest absolute Gasteiger partial charge is 0.480 e. The Bertz CT molecular complexity index is 734. The van der Waals surface area contributed by atoms with Crippen LogP contribution in [0.15, 0.2) is 24.3 Å². The van der Waals surface area contributed by atoms with Gasteiger partial charge in [-0.05, 0) is 45.4 Å². The standard InChI is InChI=1S/C21H29N3O4/c1-15-5-7-18(8-6-15)24-13-16(12-19(24)25)21(28)23-10-3-4-17(9-11-23)22(2)14-20(26)27/h5-8,16-17H,3-4,9-14H2,1-2H3,(H,26,27).